The number of thiophene rings is 1. The lowest BCUT2D eigenvalue weighted by Gasteiger charge is -1.89. The van der Waals surface area contributed by atoms with Gasteiger partial charge in [-0.1, -0.05) is 12.1 Å². The van der Waals surface area contributed by atoms with Crippen LogP contribution in [0.4, 0.5) is 0 Å². The Hall–Kier alpha value is -1.33. The summed E-state index contributed by atoms with van der Waals surface area (Å²) >= 11 is 1.51. The number of benzene rings is 1. The monoisotopic (exact) mass is 158 g/mol. The number of hydrogen-bond acceptors (Lipinski definition) is 2. The van der Waals surface area contributed by atoms with E-state index < -0.39 is 0 Å². The summed E-state index contributed by atoms with van der Waals surface area (Å²) in [6, 6.07) is 7.82. The van der Waals surface area contributed by atoms with Gasteiger partial charge in [0.2, 0.25) is 0 Å². The second-order valence-electron chi connectivity index (χ2n) is 2.22. The van der Waals surface area contributed by atoms with Crippen LogP contribution >= 0.6 is 11.3 Å². The molecule has 0 unspecified atom stereocenters. The van der Waals surface area contributed by atoms with Gasteiger partial charge in [-0.3, -0.25) is 0 Å². The summed E-state index contributed by atoms with van der Waals surface area (Å²) in [5.74, 6) is 0. The molecule has 0 aliphatic heterocycles. The van der Waals surface area contributed by atoms with Crippen molar-refractivity contribution in [3.8, 4) is 6.07 Å². The van der Waals surface area contributed by atoms with E-state index in [4.69, 9.17) is 5.26 Å². The minimum atomic E-state index is 0.712. The molecule has 2 aromatic rings. The van der Waals surface area contributed by atoms with Gasteiger partial charge in [-0.15, -0.1) is 11.3 Å². The van der Waals surface area contributed by atoms with Gasteiger partial charge in [0.25, 0.3) is 0 Å². The van der Waals surface area contributed by atoms with Crippen molar-refractivity contribution in [2.45, 2.75) is 0 Å². The van der Waals surface area contributed by atoms with Crippen LogP contribution in [-0.4, -0.2) is 0 Å². The van der Waals surface area contributed by atoms with Crippen molar-refractivity contribution in [3.05, 3.63) is 34.5 Å². The Bertz CT molecular complexity index is 422. The maximum atomic E-state index is 8.69. The number of fused-ring (bicyclic) bond motifs is 1. The summed E-state index contributed by atoms with van der Waals surface area (Å²) in [4.78, 5) is 0. The Morgan fingerprint density at radius 1 is 1.45 bits per heavy atom. The van der Waals surface area contributed by atoms with Gasteiger partial charge in [0.05, 0.1) is 17.0 Å². The molecule has 2 heteroatoms. The van der Waals surface area contributed by atoms with E-state index in [1.54, 1.807) is 0 Å². The van der Waals surface area contributed by atoms with Crippen molar-refractivity contribution in [1.29, 1.82) is 5.26 Å². The van der Waals surface area contributed by atoms with E-state index in [9.17, 15) is 0 Å². The molecule has 1 radical (unpaired) electrons. The number of nitriles is 1. The van der Waals surface area contributed by atoms with E-state index in [0.717, 1.165) is 10.8 Å². The van der Waals surface area contributed by atoms with Crippen LogP contribution in [0.3, 0.4) is 0 Å². The van der Waals surface area contributed by atoms with Crippen LogP contribution < -0.4 is 0 Å². The lowest BCUT2D eigenvalue weighted by atomic mass is 10.1. The summed E-state index contributed by atoms with van der Waals surface area (Å²) in [6.45, 7) is 0. The Kier molecular flexibility index (Phi) is 1.38. The molecule has 1 heterocycles. The molecule has 51 valence electrons. The zero-order valence-electron chi connectivity index (χ0n) is 5.66. The predicted molar refractivity (Wildman–Crippen MR) is 45.4 cm³/mol. The first-order chi connectivity index (χ1) is 5.42. The average molecular weight is 158 g/mol. The van der Waals surface area contributed by atoms with Gasteiger partial charge in [0.1, 0.15) is 0 Å². The van der Waals surface area contributed by atoms with Gasteiger partial charge in [0, 0.05) is 5.39 Å². The Balaban J connectivity index is 2.92. The van der Waals surface area contributed by atoms with E-state index in [1.165, 1.54) is 11.3 Å². The minimum Gasteiger partial charge on any atom is -0.192 e. The maximum absolute atomic E-state index is 8.69. The molecule has 0 bridgehead atoms. The zero-order chi connectivity index (χ0) is 7.68. The maximum Gasteiger partial charge on any atom is 0.0998 e. The van der Waals surface area contributed by atoms with Crippen LogP contribution in [-0.2, 0) is 0 Å². The van der Waals surface area contributed by atoms with Gasteiger partial charge in [0.15, 0.2) is 0 Å². The van der Waals surface area contributed by atoms with Crippen molar-refractivity contribution in [3.63, 3.8) is 0 Å². The fourth-order valence-corrected chi connectivity index (χ4v) is 1.76. The summed E-state index contributed by atoms with van der Waals surface area (Å²) in [6.07, 6.45) is 0. The lowest BCUT2D eigenvalue weighted by Crippen LogP contribution is -1.72. The first kappa shape index (κ1) is 6.38. The first-order valence-corrected chi connectivity index (χ1v) is 4.08. The third-order valence-electron chi connectivity index (χ3n) is 1.56. The summed E-state index contributed by atoms with van der Waals surface area (Å²) in [5, 5.41) is 15.8. The highest BCUT2D eigenvalue weighted by molar-refractivity contribution is 7.08. The van der Waals surface area contributed by atoms with Gasteiger partial charge in [-0.25, -0.2) is 0 Å². The molecule has 2 rings (SSSR count). The van der Waals surface area contributed by atoms with Gasteiger partial charge in [-0.05, 0) is 16.8 Å². The molecular weight excluding hydrogens is 154 g/mol. The quantitative estimate of drug-likeness (QED) is 0.578. The third kappa shape index (κ3) is 0.903. The van der Waals surface area contributed by atoms with Crippen LogP contribution in [0.5, 0.6) is 0 Å². The summed E-state index contributed by atoms with van der Waals surface area (Å²) < 4.78 is 0. The van der Waals surface area contributed by atoms with Crippen molar-refractivity contribution < 1.29 is 0 Å². The number of rotatable bonds is 0. The van der Waals surface area contributed by atoms with Crippen LogP contribution in [0, 0.1) is 16.7 Å². The molecule has 0 spiro atoms. The lowest BCUT2D eigenvalue weighted by molar-refractivity contribution is 1.51. The minimum absolute atomic E-state index is 0.712. The molecule has 0 amide bonds. The summed E-state index contributed by atoms with van der Waals surface area (Å²) in [5.41, 5.74) is 0.712. The highest BCUT2D eigenvalue weighted by Gasteiger charge is 1.98. The smallest absolute Gasteiger partial charge is 0.0998 e. The van der Waals surface area contributed by atoms with Crippen molar-refractivity contribution in [2.24, 2.45) is 0 Å². The Morgan fingerprint density at radius 3 is 3.18 bits per heavy atom. The standard InChI is InChI=1S/C9H4NS/c10-4-7-2-1-3-8-5-11-6-9(7)8/h1-3,5H. The number of nitrogens with zero attached hydrogens (tertiary/aromatic N) is 1. The van der Waals surface area contributed by atoms with E-state index in [0.29, 0.717) is 5.56 Å². The van der Waals surface area contributed by atoms with Crippen LogP contribution in [0.1, 0.15) is 5.56 Å². The Morgan fingerprint density at radius 2 is 2.36 bits per heavy atom. The Labute approximate surface area is 68.5 Å². The SMILES string of the molecule is N#Cc1cccc2cs[c]c12. The summed E-state index contributed by atoms with van der Waals surface area (Å²) in [7, 11) is 0. The molecule has 0 aliphatic carbocycles. The van der Waals surface area contributed by atoms with E-state index in [2.05, 4.69) is 11.4 Å². The van der Waals surface area contributed by atoms with Crippen LogP contribution in [0.15, 0.2) is 23.6 Å². The van der Waals surface area contributed by atoms with Crippen molar-refractivity contribution >= 4 is 22.1 Å². The average Bonchev–Trinajstić information content (AvgIpc) is 2.50. The first-order valence-electron chi connectivity index (χ1n) is 3.20. The molecule has 0 fully saturated rings. The van der Waals surface area contributed by atoms with Crippen LogP contribution in [0.25, 0.3) is 10.8 Å². The fraction of sp³-hybridized carbons (Fsp3) is 0. The normalized spacial score (nSPS) is 9.73. The molecule has 0 saturated carbocycles. The highest BCUT2D eigenvalue weighted by atomic mass is 32.1. The molecule has 0 atom stereocenters. The fourth-order valence-electron chi connectivity index (χ4n) is 1.03. The van der Waals surface area contributed by atoms with Crippen LogP contribution in [0.2, 0.25) is 0 Å². The second-order valence-corrected chi connectivity index (χ2v) is 2.89. The molecule has 0 aliphatic rings. The molecule has 1 nitrogen and oxygen atoms in total. The largest absolute Gasteiger partial charge is 0.192 e. The molecule has 11 heavy (non-hydrogen) atoms. The topological polar surface area (TPSA) is 23.8 Å². The molecular formula is C9H4NS. The van der Waals surface area contributed by atoms with Gasteiger partial charge < -0.3 is 0 Å². The molecule has 0 saturated heterocycles. The van der Waals surface area contributed by atoms with E-state index >= 15 is 0 Å². The predicted octanol–water partition coefficient (Wildman–Crippen LogP) is 2.57. The molecule has 1 aromatic carbocycles. The zero-order valence-corrected chi connectivity index (χ0v) is 6.48. The van der Waals surface area contributed by atoms with Gasteiger partial charge in [-0.2, -0.15) is 5.26 Å². The van der Waals surface area contributed by atoms with Crippen molar-refractivity contribution in [1.82, 2.24) is 0 Å². The third-order valence-corrected chi connectivity index (χ3v) is 2.26. The van der Waals surface area contributed by atoms with Gasteiger partial charge >= 0.3 is 0 Å². The second kappa shape index (κ2) is 2.37. The van der Waals surface area contributed by atoms with Crippen molar-refractivity contribution in [2.75, 3.05) is 0 Å². The number of hydrogen-bond donors (Lipinski definition) is 0. The van der Waals surface area contributed by atoms with E-state index in [1.807, 2.05) is 23.6 Å². The van der Waals surface area contributed by atoms with E-state index in [-0.39, 0.29) is 0 Å². The molecule has 1 aromatic heterocycles. The highest BCUT2D eigenvalue weighted by Crippen LogP contribution is 2.20. The molecule has 0 N–H and O–H groups in total.